The predicted molar refractivity (Wildman–Crippen MR) is 178 cm³/mol. The first-order valence-electron chi connectivity index (χ1n) is 15.4. The van der Waals surface area contributed by atoms with Crippen molar-refractivity contribution >= 4 is 21.6 Å². The van der Waals surface area contributed by atoms with Crippen LogP contribution >= 0.6 is 15.9 Å². The Morgan fingerprint density at radius 3 is 2.48 bits per heavy atom. The normalized spacial score (nSPS) is 15.2. The summed E-state index contributed by atoms with van der Waals surface area (Å²) in [4.78, 5) is 20.9. The second-order valence-electron chi connectivity index (χ2n) is 12.0. The van der Waals surface area contributed by atoms with Crippen molar-refractivity contribution < 1.29 is 17.9 Å². The number of ether oxygens (including phenoxy) is 1. The van der Waals surface area contributed by atoms with Gasteiger partial charge in [0, 0.05) is 47.2 Å². The zero-order valence-corrected chi connectivity index (χ0v) is 27.7. The Bertz CT molecular complexity index is 2160. The Morgan fingerprint density at radius 1 is 1.00 bits per heavy atom. The average Bonchev–Trinajstić information content (AvgIpc) is 3.69. The molecule has 4 heterocycles. The molecule has 6 aromatic rings. The molecule has 48 heavy (non-hydrogen) atoms. The molecule has 0 N–H and O–H groups in total. The van der Waals surface area contributed by atoms with Crippen LogP contribution in [0.25, 0.3) is 22.7 Å². The van der Waals surface area contributed by atoms with Gasteiger partial charge in [0.2, 0.25) is 0 Å². The minimum Gasteiger partial charge on any atom is -0.361 e. The Kier molecular flexibility index (Phi) is 8.52. The van der Waals surface area contributed by atoms with E-state index in [1.54, 1.807) is 15.3 Å². The van der Waals surface area contributed by atoms with Crippen LogP contribution in [0.4, 0.5) is 13.2 Å². The van der Waals surface area contributed by atoms with Gasteiger partial charge in [-0.05, 0) is 60.9 Å². The maximum absolute atomic E-state index is 14.4. The molecule has 3 aromatic carbocycles. The van der Waals surface area contributed by atoms with Crippen LogP contribution < -0.4 is 5.56 Å². The van der Waals surface area contributed by atoms with Crippen molar-refractivity contribution in [1.82, 2.24) is 33.8 Å². The minimum absolute atomic E-state index is 0.0107. The van der Waals surface area contributed by atoms with Crippen LogP contribution in [0.3, 0.4) is 0 Å². The van der Waals surface area contributed by atoms with Gasteiger partial charge in [-0.25, -0.2) is 14.2 Å². The largest absolute Gasteiger partial charge is 0.417 e. The summed E-state index contributed by atoms with van der Waals surface area (Å²) in [5.41, 5.74) is 5.26. The summed E-state index contributed by atoms with van der Waals surface area (Å²) < 4.78 is 51.5. The molecule has 0 aliphatic carbocycles. The zero-order chi connectivity index (χ0) is 33.6. The van der Waals surface area contributed by atoms with E-state index in [1.807, 2.05) is 79.3 Å². The van der Waals surface area contributed by atoms with E-state index < -0.39 is 11.7 Å². The second-order valence-corrected chi connectivity index (χ2v) is 12.8. The van der Waals surface area contributed by atoms with Crippen molar-refractivity contribution in [1.29, 1.82) is 0 Å². The molecule has 0 radical (unpaired) electrons. The summed E-state index contributed by atoms with van der Waals surface area (Å²) in [7, 11) is 1.83. The van der Waals surface area contributed by atoms with E-state index >= 15 is 0 Å². The number of aryl methyl sites for hydroxylation is 1. The molecule has 0 bridgehead atoms. The highest BCUT2D eigenvalue weighted by molar-refractivity contribution is 9.10. The fraction of sp³-hybridized carbons (Fsp3) is 0.257. The fourth-order valence-corrected chi connectivity index (χ4v) is 6.74. The molecular weight excluding hydrogens is 687 g/mol. The highest BCUT2D eigenvalue weighted by Crippen LogP contribution is 2.35. The lowest BCUT2D eigenvalue weighted by Crippen LogP contribution is -2.44. The van der Waals surface area contributed by atoms with Gasteiger partial charge in [0.15, 0.2) is 5.82 Å². The molecule has 1 atom stereocenters. The van der Waals surface area contributed by atoms with E-state index in [2.05, 4.69) is 30.9 Å². The van der Waals surface area contributed by atoms with E-state index in [-0.39, 0.29) is 29.4 Å². The van der Waals surface area contributed by atoms with Gasteiger partial charge >= 0.3 is 6.18 Å². The molecule has 246 valence electrons. The number of fused-ring (bicyclic) bond motifs is 3. The van der Waals surface area contributed by atoms with Crippen molar-refractivity contribution in [2.75, 3.05) is 6.73 Å². The topological polar surface area (TPSA) is 82.5 Å². The van der Waals surface area contributed by atoms with Gasteiger partial charge in [-0.2, -0.15) is 23.4 Å². The highest BCUT2D eigenvalue weighted by atomic mass is 79.9. The number of alkyl halides is 3. The van der Waals surface area contributed by atoms with E-state index in [9.17, 15) is 18.0 Å². The summed E-state index contributed by atoms with van der Waals surface area (Å²) in [5.74, 6) is 0.718. The fourth-order valence-electron chi connectivity index (χ4n) is 6.26. The van der Waals surface area contributed by atoms with Crippen molar-refractivity contribution in [2.24, 2.45) is 7.05 Å². The number of benzene rings is 3. The maximum atomic E-state index is 14.4. The SMILES string of the molecule is C[C@H]1Cc2c(n3ncc(Cc4ccccc4)c3n(-c3ccc(-c4ncnn4C)cc3)c2=O)CN1COCc1ccc(Br)c(C(F)(F)F)c1. The number of hydrogen-bond donors (Lipinski definition) is 0. The number of nitrogens with zero attached hydrogens (tertiary/aromatic N) is 7. The molecule has 1 aliphatic heterocycles. The first kappa shape index (κ1) is 32.0. The number of rotatable bonds is 8. The van der Waals surface area contributed by atoms with Crippen LogP contribution in [-0.2, 0) is 44.0 Å². The quantitative estimate of drug-likeness (QED) is 0.177. The van der Waals surface area contributed by atoms with E-state index in [0.717, 1.165) is 34.3 Å². The van der Waals surface area contributed by atoms with Gasteiger partial charge < -0.3 is 4.74 Å². The molecule has 13 heteroatoms. The smallest absolute Gasteiger partial charge is 0.361 e. The highest BCUT2D eigenvalue weighted by Gasteiger charge is 2.33. The zero-order valence-electron chi connectivity index (χ0n) is 26.2. The molecule has 0 amide bonds. The van der Waals surface area contributed by atoms with Gasteiger partial charge in [-0.15, -0.1) is 0 Å². The summed E-state index contributed by atoms with van der Waals surface area (Å²) in [6.45, 7) is 2.58. The van der Waals surface area contributed by atoms with Gasteiger partial charge in [-0.3, -0.25) is 14.3 Å². The van der Waals surface area contributed by atoms with Crippen LogP contribution in [0.2, 0.25) is 0 Å². The van der Waals surface area contributed by atoms with E-state index in [0.29, 0.717) is 41.8 Å². The Balaban J connectivity index is 1.23. The molecule has 0 unspecified atom stereocenters. The van der Waals surface area contributed by atoms with Gasteiger partial charge in [0.25, 0.3) is 5.56 Å². The van der Waals surface area contributed by atoms with Gasteiger partial charge in [0.1, 0.15) is 18.7 Å². The first-order chi connectivity index (χ1) is 23.1. The van der Waals surface area contributed by atoms with Crippen LogP contribution in [0.1, 0.15) is 40.4 Å². The van der Waals surface area contributed by atoms with E-state index in [1.165, 1.54) is 12.4 Å². The Hall–Kier alpha value is -4.59. The molecule has 9 nitrogen and oxygen atoms in total. The van der Waals surface area contributed by atoms with Crippen LogP contribution in [0.15, 0.2) is 94.6 Å². The standard InChI is InChI=1S/C35H31BrF3N7O2/c1-22-14-28-31(18-44(22)21-48-19-24-8-13-30(36)29(16-24)35(37,38)39)46-33(26(17-41-46)15-23-6-4-3-5-7-23)45(34(28)47)27-11-9-25(10-12-27)32-40-20-42-43(32)2/h3-13,16-17,20,22H,14-15,18-19,21H2,1-2H3/t22-/m0/s1. The van der Waals surface area contributed by atoms with Crippen molar-refractivity contribution in [3.8, 4) is 17.1 Å². The molecule has 0 fully saturated rings. The maximum Gasteiger partial charge on any atom is 0.417 e. The molecule has 0 saturated heterocycles. The molecule has 0 spiro atoms. The third-order valence-corrected chi connectivity index (χ3v) is 9.46. The van der Waals surface area contributed by atoms with Crippen molar-refractivity contribution in [2.45, 2.75) is 45.1 Å². The number of aromatic nitrogens is 6. The lowest BCUT2D eigenvalue weighted by atomic mass is 9.99. The van der Waals surface area contributed by atoms with Crippen molar-refractivity contribution in [3.63, 3.8) is 0 Å². The van der Waals surface area contributed by atoms with Crippen molar-refractivity contribution in [3.05, 3.63) is 134 Å². The van der Waals surface area contributed by atoms with Crippen LogP contribution in [0.5, 0.6) is 0 Å². The first-order valence-corrected chi connectivity index (χ1v) is 16.2. The van der Waals surface area contributed by atoms with E-state index in [4.69, 9.17) is 9.84 Å². The monoisotopic (exact) mass is 717 g/mol. The molecule has 3 aromatic heterocycles. The predicted octanol–water partition coefficient (Wildman–Crippen LogP) is 6.57. The third-order valence-electron chi connectivity index (χ3n) is 8.76. The second kappa shape index (κ2) is 12.8. The third kappa shape index (κ3) is 6.09. The molecule has 1 aliphatic rings. The summed E-state index contributed by atoms with van der Waals surface area (Å²) in [5, 5.41) is 8.98. The average molecular weight is 719 g/mol. The van der Waals surface area contributed by atoms with Crippen LogP contribution in [0, 0.1) is 0 Å². The molecule has 7 rings (SSSR count). The molecule has 0 saturated carbocycles. The Morgan fingerprint density at radius 2 is 1.77 bits per heavy atom. The van der Waals surface area contributed by atoms with Crippen LogP contribution in [-0.4, -0.2) is 46.6 Å². The summed E-state index contributed by atoms with van der Waals surface area (Å²) in [6.07, 6.45) is -0.120. The Labute approximate surface area is 282 Å². The van der Waals surface area contributed by atoms with Gasteiger partial charge in [0.05, 0.1) is 29.7 Å². The molecular formula is C35H31BrF3N7O2. The number of halogens is 4. The summed E-state index contributed by atoms with van der Waals surface area (Å²) in [6, 6.07) is 21.7. The van der Waals surface area contributed by atoms with Gasteiger partial charge in [-0.1, -0.05) is 52.3 Å². The lowest BCUT2D eigenvalue weighted by molar-refractivity contribution is -0.138. The minimum atomic E-state index is -4.47. The summed E-state index contributed by atoms with van der Waals surface area (Å²) >= 11 is 2.99. The number of hydrogen-bond acceptors (Lipinski definition) is 6. The lowest BCUT2D eigenvalue weighted by Gasteiger charge is -2.34.